The molecule has 0 amide bonds. The summed E-state index contributed by atoms with van der Waals surface area (Å²) in [6.45, 7) is 2.53. The molecule has 0 spiro atoms. The lowest BCUT2D eigenvalue weighted by molar-refractivity contribution is 0.582. The summed E-state index contributed by atoms with van der Waals surface area (Å²) in [6, 6.07) is 12.0. The molecule has 0 unspecified atom stereocenters. The molecule has 100 valence electrons. The number of nitrogens with one attached hydrogen (secondary N) is 2. The lowest BCUT2D eigenvalue weighted by Crippen LogP contribution is -2.26. The molecular formula is C14H16ClN3O. The van der Waals surface area contributed by atoms with Crippen molar-refractivity contribution in [3.63, 3.8) is 0 Å². The Balaban J connectivity index is 0.00000133. The van der Waals surface area contributed by atoms with Gasteiger partial charge in [-0.2, -0.15) is 0 Å². The number of hydrogen-bond donors (Lipinski definition) is 2. The van der Waals surface area contributed by atoms with Gasteiger partial charge in [0.05, 0.1) is 19.4 Å². The lowest BCUT2D eigenvalue weighted by Gasteiger charge is -2.10. The van der Waals surface area contributed by atoms with Crippen LogP contribution in [0.4, 0.5) is 5.69 Å². The zero-order valence-electron chi connectivity index (χ0n) is 10.4. The number of anilines is 1. The molecule has 5 heteroatoms. The number of rotatable bonds is 4. The number of aliphatic imine (C=N–C) groups is 1. The highest BCUT2D eigenvalue weighted by atomic mass is 35.5. The van der Waals surface area contributed by atoms with E-state index < -0.39 is 0 Å². The van der Waals surface area contributed by atoms with E-state index in [9.17, 15) is 0 Å². The monoisotopic (exact) mass is 277 g/mol. The third-order valence-electron chi connectivity index (χ3n) is 2.90. The van der Waals surface area contributed by atoms with Gasteiger partial charge in [0.2, 0.25) is 0 Å². The van der Waals surface area contributed by atoms with Crippen molar-refractivity contribution in [3.05, 3.63) is 42.7 Å². The van der Waals surface area contributed by atoms with E-state index in [1.54, 1.807) is 6.26 Å². The molecule has 0 bridgehead atoms. The average molecular weight is 278 g/mol. The molecule has 0 saturated carbocycles. The van der Waals surface area contributed by atoms with Crippen LogP contribution in [-0.4, -0.2) is 25.5 Å². The van der Waals surface area contributed by atoms with Crippen LogP contribution >= 0.6 is 12.4 Å². The third-order valence-corrected chi connectivity index (χ3v) is 2.90. The maximum Gasteiger partial charge on any atom is 0.135 e. The van der Waals surface area contributed by atoms with E-state index in [0.29, 0.717) is 0 Å². The normalized spacial score (nSPS) is 13.4. The van der Waals surface area contributed by atoms with Crippen molar-refractivity contribution < 1.29 is 4.42 Å². The molecule has 1 aliphatic heterocycles. The first-order valence-corrected chi connectivity index (χ1v) is 6.07. The summed E-state index contributed by atoms with van der Waals surface area (Å²) in [4.78, 5) is 4.36. The van der Waals surface area contributed by atoms with Gasteiger partial charge in [-0.1, -0.05) is 12.1 Å². The number of para-hydroxylation sites is 1. The number of benzene rings is 1. The number of nitrogens with zero attached hydrogens (tertiary/aromatic N) is 1. The second kappa shape index (κ2) is 6.29. The Morgan fingerprint density at radius 2 is 2.11 bits per heavy atom. The Hall–Kier alpha value is -1.94. The van der Waals surface area contributed by atoms with E-state index in [4.69, 9.17) is 4.42 Å². The second-order valence-electron chi connectivity index (χ2n) is 4.13. The molecule has 0 radical (unpaired) electrons. The molecule has 4 nitrogen and oxygen atoms in total. The van der Waals surface area contributed by atoms with Crippen molar-refractivity contribution in [2.24, 2.45) is 4.99 Å². The molecule has 3 rings (SSSR count). The molecule has 0 fully saturated rings. The van der Waals surface area contributed by atoms with Crippen LogP contribution in [0, 0.1) is 0 Å². The van der Waals surface area contributed by atoms with Crippen LogP contribution in [0.2, 0.25) is 0 Å². The summed E-state index contributed by atoms with van der Waals surface area (Å²) >= 11 is 0. The molecular weight excluding hydrogens is 262 g/mol. The number of hydrogen-bond acceptors (Lipinski definition) is 4. The Morgan fingerprint density at radius 3 is 2.84 bits per heavy atom. The van der Waals surface area contributed by atoms with E-state index in [-0.39, 0.29) is 12.4 Å². The van der Waals surface area contributed by atoms with E-state index >= 15 is 0 Å². The first-order valence-electron chi connectivity index (χ1n) is 6.07. The Morgan fingerprint density at radius 1 is 1.21 bits per heavy atom. The molecule has 0 aliphatic carbocycles. The number of furan rings is 1. The minimum Gasteiger partial charge on any atom is -0.464 e. The Bertz CT molecular complexity index is 552. The van der Waals surface area contributed by atoms with Gasteiger partial charge in [-0.3, -0.25) is 4.99 Å². The maximum atomic E-state index is 5.45. The van der Waals surface area contributed by atoms with Crippen molar-refractivity contribution in [1.82, 2.24) is 5.32 Å². The smallest absolute Gasteiger partial charge is 0.135 e. The zero-order valence-corrected chi connectivity index (χ0v) is 11.2. The van der Waals surface area contributed by atoms with Crippen LogP contribution < -0.4 is 10.6 Å². The van der Waals surface area contributed by atoms with Gasteiger partial charge in [0, 0.05) is 17.8 Å². The first kappa shape index (κ1) is 13.5. The third kappa shape index (κ3) is 3.09. The zero-order chi connectivity index (χ0) is 12.2. The SMILES string of the molecule is Cl.c1coc(-c2ccccc2NCC2=NCCN2)c1. The van der Waals surface area contributed by atoms with Crippen molar-refractivity contribution in [2.45, 2.75) is 0 Å². The van der Waals surface area contributed by atoms with E-state index in [0.717, 1.165) is 42.5 Å². The highest BCUT2D eigenvalue weighted by molar-refractivity contribution is 5.88. The second-order valence-corrected chi connectivity index (χ2v) is 4.13. The van der Waals surface area contributed by atoms with Crippen LogP contribution in [0.3, 0.4) is 0 Å². The standard InChI is InChI=1S/C14H15N3O.ClH/c1-2-5-12(17-10-14-15-7-8-16-14)11(4-1)13-6-3-9-18-13;/h1-6,9,17H,7-8,10H2,(H,15,16);1H. The summed E-state index contributed by atoms with van der Waals surface area (Å²) < 4.78 is 5.45. The predicted octanol–water partition coefficient (Wildman–Crippen LogP) is 2.78. The van der Waals surface area contributed by atoms with Crippen molar-refractivity contribution >= 4 is 23.9 Å². The fraction of sp³-hybridized carbons (Fsp3) is 0.214. The van der Waals surface area contributed by atoms with Crippen molar-refractivity contribution in [3.8, 4) is 11.3 Å². The highest BCUT2D eigenvalue weighted by Gasteiger charge is 2.08. The predicted molar refractivity (Wildman–Crippen MR) is 80.2 cm³/mol. The molecule has 1 aromatic carbocycles. The van der Waals surface area contributed by atoms with Crippen LogP contribution in [0.25, 0.3) is 11.3 Å². The summed E-state index contributed by atoms with van der Waals surface area (Å²) in [6.07, 6.45) is 1.69. The molecule has 2 heterocycles. The molecule has 1 aromatic heterocycles. The van der Waals surface area contributed by atoms with Gasteiger partial charge in [0.25, 0.3) is 0 Å². The Kier molecular flexibility index (Phi) is 4.47. The van der Waals surface area contributed by atoms with Crippen LogP contribution in [-0.2, 0) is 0 Å². The molecule has 19 heavy (non-hydrogen) atoms. The molecule has 1 aliphatic rings. The summed E-state index contributed by atoms with van der Waals surface area (Å²) in [5.74, 6) is 1.89. The number of amidine groups is 1. The van der Waals surface area contributed by atoms with Gasteiger partial charge in [-0.25, -0.2) is 0 Å². The Labute approximate surface area is 118 Å². The van der Waals surface area contributed by atoms with Crippen molar-refractivity contribution in [1.29, 1.82) is 0 Å². The largest absolute Gasteiger partial charge is 0.464 e. The topological polar surface area (TPSA) is 49.6 Å². The van der Waals surface area contributed by atoms with Gasteiger partial charge >= 0.3 is 0 Å². The molecule has 2 aromatic rings. The lowest BCUT2D eigenvalue weighted by atomic mass is 10.1. The summed E-state index contributed by atoms with van der Waals surface area (Å²) in [5, 5.41) is 6.64. The average Bonchev–Trinajstić information content (AvgIpc) is 3.10. The summed E-state index contributed by atoms with van der Waals surface area (Å²) in [7, 11) is 0. The first-order chi connectivity index (χ1) is 8.93. The van der Waals surface area contributed by atoms with Gasteiger partial charge < -0.3 is 15.1 Å². The molecule has 0 saturated heterocycles. The fourth-order valence-electron chi connectivity index (χ4n) is 2.03. The molecule has 0 atom stereocenters. The van der Waals surface area contributed by atoms with Gasteiger partial charge in [-0.15, -0.1) is 12.4 Å². The van der Waals surface area contributed by atoms with Crippen molar-refractivity contribution in [2.75, 3.05) is 25.0 Å². The summed E-state index contributed by atoms with van der Waals surface area (Å²) in [5.41, 5.74) is 2.13. The minimum atomic E-state index is 0. The number of halogens is 1. The highest BCUT2D eigenvalue weighted by Crippen LogP contribution is 2.27. The van der Waals surface area contributed by atoms with Gasteiger partial charge in [0.1, 0.15) is 11.6 Å². The van der Waals surface area contributed by atoms with Gasteiger partial charge in [0.15, 0.2) is 0 Å². The quantitative estimate of drug-likeness (QED) is 0.903. The maximum absolute atomic E-state index is 5.45. The fourth-order valence-corrected chi connectivity index (χ4v) is 2.03. The van der Waals surface area contributed by atoms with E-state index in [1.165, 1.54) is 0 Å². The van der Waals surface area contributed by atoms with Crippen LogP contribution in [0.5, 0.6) is 0 Å². The van der Waals surface area contributed by atoms with Gasteiger partial charge in [-0.05, 0) is 24.3 Å². The van der Waals surface area contributed by atoms with E-state index in [1.807, 2.05) is 36.4 Å². The van der Waals surface area contributed by atoms with E-state index in [2.05, 4.69) is 15.6 Å². The molecule has 2 N–H and O–H groups in total. The van der Waals surface area contributed by atoms with Crippen LogP contribution in [0.15, 0.2) is 52.1 Å². The van der Waals surface area contributed by atoms with Crippen LogP contribution in [0.1, 0.15) is 0 Å². The minimum absolute atomic E-state index is 0.